The number of benzene rings is 1. The first kappa shape index (κ1) is 26.4. The molecule has 1 amide bonds. The molecule has 3 aliphatic rings. The van der Waals surface area contributed by atoms with Crippen LogP contribution in [0.4, 0.5) is 17.6 Å². The maximum atomic E-state index is 14.9. The molecule has 210 valence electrons. The first-order chi connectivity index (χ1) is 18.8. The number of carbonyl (C=O) groups excluding carboxylic acids is 2. The maximum Gasteiger partial charge on any atom is 0.423 e. The second-order valence-corrected chi connectivity index (χ2v) is 10.4. The highest BCUT2D eigenvalue weighted by Gasteiger charge is 2.47. The van der Waals surface area contributed by atoms with E-state index in [2.05, 4.69) is 10.3 Å². The molecular weight excluding hydrogens is 538 g/mol. The van der Waals surface area contributed by atoms with Crippen molar-refractivity contribution in [3.63, 3.8) is 0 Å². The van der Waals surface area contributed by atoms with E-state index in [1.807, 2.05) is 0 Å². The minimum Gasteiger partial charge on any atom is -0.458 e. The van der Waals surface area contributed by atoms with Gasteiger partial charge in [0, 0.05) is 22.6 Å². The van der Waals surface area contributed by atoms with E-state index in [4.69, 9.17) is 4.74 Å². The Kier molecular flexibility index (Phi) is 5.66. The van der Waals surface area contributed by atoms with Gasteiger partial charge in [0.2, 0.25) is 6.10 Å². The summed E-state index contributed by atoms with van der Waals surface area (Å²) in [7, 11) is 0. The van der Waals surface area contributed by atoms with Gasteiger partial charge in [-0.2, -0.15) is 13.2 Å². The van der Waals surface area contributed by atoms with Gasteiger partial charge in [0.15, 0.2) is 5.60 Å². The van der Waals surface area contributed by atoms with Crippen LogP contribution in [0, 0.1) is 12.7 Å². The average molecular weight is 561 g/mol. The Morgan fingerprint density at radius 2 is 2.00 bits per heavy atom. The van der Waals surface area contributed by atoms with Crippen molar-refractivity contribution in [2.75, 3.05) is 0 Å². The number of nitrogens with zero attached hydrogens (tertiary/aromatic N) is 2. The summed E-state index contributed by atoms with van der Waals surface area (Å²) in [6.07, 6.45) is -8.16. The van der Waals surface area contributed by atoms with Crippen molar-refractivity contribution in [3.8, 4) is 11.4 Å². The summed E-state index contributed by atoms with van der Waals surface area (Å²) >= 11 is 0. The molecule has 0 fully saturated rings. The quantitative estimate of drug-likeness (QED) is 0.259. The third-order valence-corrected chi connectivity index (χ3v) is 8.25. The zero-order chi connectivity index (χ0) is 28.9. The molecule has 1 unspecified atom stereocenters. The highest BCUT2D eigenvalue weighted by Crippen LogP contribution is 2.46. The van der Waals surface area contributed by atoms with Gasteiger partial charge in [0.1, 0.15) is 12.4 Å². The van der Waals surface area contributed by atoms with Gasteiger partial charge in [-0.1, -0.05) is 6.92 Å². The van der Waals surface area contributed by atoms with E-state index in [0.29, 0.717) is 27.6 Å². The smallest absolute Gasteiger partial charge is 0.423 e. The summed E-state index contributed by atoms with van der Waals surface area (Å²) in [6.45, 7) is 2.71. The Labute approximate surface area is 223 Å². The molecule has 0 bridgehead atoms. The van der Waals surface area contributed by atoms with Crippen LogP contribution >= 0.6 is 0 Å². The van der Waals surface area contributed by atoms with Crippen molar-refractivity contribution in [2.24, 2.45) is 0 Å². The minimum atomic E-state index is -5.18. The number of hydrogen-bond acceptors (Lipinski definition) is 7. The summed E-state index contributed by atoms with van der Waals surface area (Å²) in [6, 6.07) is 1.65. The average Bonchev–Trinajstić information content (AvgIpc) is 3.27. The second-order valence-electron chi connectivity index (χ2n) is 10.4. The number of nitrogens with one attached hydrogen (secondary N) is 1. The lowest BCUT2D eigenvalue weighted by Crippen LogP contribution is -2.45. The number of cyclic esters (lactones) is 1. The number of fused-ring (bicyclic) bond motifs is 5. The zero-order valence-corrected chi connectivity index (χ0v) is 21.3. The summed E-state index contributed by atoms with van der Waals surface area (Å²) in [4.78, 5) is 43.1. The molecule has 0 spiro atoms. The van der Waals surface area contributed by atoms with Crippen LogP contribution in [-0.4, -0.2) is 43.9 Å². The lowest BCUT2D eigenvalue weighted by molar-refractivity contribution is -0.205. The van der Waals surface area contributed by atoms with Gasteiger partial charge in [-0.25, -0.2) is 14.2 Å². The van der Waals surface area contributed by atoms with E-state index in [1.54, 1.807) is 13.8 Å². The van der Waals surface area contributed by atoms with Crippen LogP contribution in [-0.2, 0) is 39.5 Å². The Morgan fingerprint density at radius 3 is 2.67 bits per heavy atom. The molecule has 2 aromatic heterocycles. The number of carbonyl (C=O) groups is 2. The number of aliphatic hydroxyl groups excluding tert-OH is 1. The molecular formula is C27H23F4N3O6. The predicted octanol–water partition coefficient (Wildman–Crippen LogP) is 2.55. The minimum absolute atomic E-state index is 0.0693. The number of esters is 1. The Bertz CT molecular complexity index is 1720. The molecule has 13 heteroatoms. The van der Waals surface area contributed by atoms with Gasteiger partial charge in [0.25, 0.3) is 11.5 Å². The molecule has 3 atom stereocenters. The van der Waals surface area contributed by atoms with Crippen LogP contribution in [0.15, 0.2) is 16.9 Å². The molecule has 4 heterocycles. The standard InChI is InChI=1S/C27H23F4N3O6/c1-3-26(39)14-6-18-21-12(8-34(18)24(37)13(14)9-40-25(26)38)20-16(33-23(36)22(35)27(29,30)31)5-4-11-10(2)15(28)7-17(32-21)19(11)20/h6-7,16,22,35,39H,3-5,8-9H2,1-2H3,(H,33,36)/t16-,22?,26+/m1/s1. The fourth-order valence-corrected chi connectivity index (χ4v) is 6.10. The van der Waals surface area contributed by atoms with E-state index in [9.17, 15) is 42.2 Å². The molecule has 40 heavy (non-hydrogen) atoms. The Morgan fingerprint density at radius 1 is 1.27 bits per heavy atom. The summed E-state index contributed by atoms with van der Waals surface area (Å²) in [5.74, 6) is -3.08. The maximum absolute atomic E-state index is 14.9. The first-order valence-electron chi connectivity index (χ1n) is 12.6. The molecule has 6 rings (SSSR count). The number of rotatable bonds is 3. The van der Waals surface area contributed by atoms with Gasteiger partial charge < -0.3 is 24.8 Å². The highest BCUT2D eigenvalue weighted by molar-refractivity contribution is 5.94. The fraction of sp³-hybridized carbons (Fsp3) is 0.407. The van der Waals surface area contributed by atoms with Crippen molar-refractivity contribution in [3.05, 3.63) is 61.7 Å². The van der Waals surface area contributed by atoms with Gasteiger partial charge in [-0.15, -0.1) is 0 Å². The fourth-order valence-electron chi connectivity index (χ4n) is 6.10. The molecule has 1 aliphatic carbocycles. The zero-order valence-electron chi connectivity index (χ0n) is 21.3. The Balaban J connectivity index is 1.60. The first-order valence-corrected chi connectivity index (χ1v) is 12.6. The van der Waals surface area contributed by atoms with Crippen LogP contribution in [0.5, 0.6) is 0 Å². The number of ether oxygens (including phenoxy) is 1. The van der Waals surface area contributed by atoms with Crippen LogP contribution in [0.25, 0.3) is 22.3 Å². The normalized spacial score (nSPS) is 21.9. The number of aromatic nitrogens is 2. The number of pyridine rings is 2. The molecule has 0 radical (unpaired) electrons. The summed E-state index contributed by atoms with van der Waals surface area (Å²) in [5, 5.41) is 23.4. The van der Waals surface area contributed by atoms with Crippen LogP contribution in [0.3, 0.4) is 0 Å². The lowest BCUT2D eigenvalue weighted by atomic mass is 9.81. The second kappa shape index (κ2) is 8.58. The van der Waals surface area contributed by atoms with Crippen molar-refractivity contribution in [1.82, 2.24) is 14.9 Å². The lowest BCUT2D eigenvalue weighted by Gasteiger charge is -2.31. The van der Waals surface area contributed by atoms with Crippen molar-refractivity contribution >= 4 is 22.8 Å². The Hall–Kier alpha value is -3.84. The molecule has 0 saturated carbocycles. The third-order valence-electron chi connectivity index (χ3n) is 8.25. The van der Waals surface area contributed by atoms with Crippen molar-refractivity contribution in [2.45, 2.75) is 70.2 Å². The number of alkyl halides is 3. The molecule has 3 aromatic rings. The largest absolute Gasteiger partial charge is 0.458 e. The van der Waals surface area contributed by atoms with Gasteiger partial charge in [-0.3, -0.25) is 9.59 Å². The van der Waals surface area contributed by atoms with Gasteiger partial charge in [0.05, 0.1) is 35.1 Å². The number of hydrogen-bond donors (Lipinski definition) is 3. The third kappa shape index (κ3) is 3.53. The summed E-state index contributed by atoms with van der Waals surface area (Å²) in [5.41, 5.74) is -0.122. The topological polar surface area (TPSA) is 131 Å². The highest BCUT2D eigenvalue weighted by atomic mass is 19.4. The number of aryl methyl sites for hydroxylation is 1. The van der Waals surface area contributed by atoms with Gasteiger partial charge in [-0.05, 0) is 48.9 Å². The van der Waals surface area contributed by atoms with Crippen molar-refractivity contribution in [1.29, 1.82) is 0 Å². The number of halogens is 4. The van der Waals surface area contributed by atoms with E-state index in [-0.39, 0.29) is 60.4 Å². The van der Waals surface area contributed by atoms with E-state index < -0.39 is 47.2 Å². The molecule has 2 aliphatic heterocycles. The molecule has 9 nitrogen and oxygen atoms in total. The van der Waals surface area contributed by atoms with Crippen molar-refractivity contribution < 1.29 is 42.1 Å². The monoisotopic (exact) mass is 561 g/mol. The molecule has 1 aromatic carbocycles. The van der Waals surface area contributed by atoms with Crippen LogP contribution in [0.2, 0.25) is 0 Å². The molecule has 3 N–H and O–H groups in total. The van der Waals surface area contributed by atoms with E-state index in [0.717, 1.165) is 0 Å². The van der Waals surface area contributed by atoms with E-state index >= 15 is 0 Å². The van der Waals surface area contributed by atoms with Crippen LogP contribution < -0.4 is 10.9 Å². The van der Waals surface area contributed by atoms with Crippen LogP contribution in [0.1, 0.15) is 59.2 Å². The van der Waals surface area contributed by atoms with Gasteiger partial charge >= 0.3 is 12.1 Å². The number of aliphatic hydroxyl groups is 2. The predicted molar refractivity (Wildman–Crippen MR) is 130 cm³/mol. The molecule has 0 saturated heterocycles. The SMILES string of the molecule is CC[C@@]1(O)C(=O)OCc2c1cc1n(c2=O)Cc2c-1nc1cc(F)c(C)c3c1c2[C@H](NC(=O)C(O)C(F)(F)F)CC3. The summed E-state index contributed by atoms with van der Waals surface area (Å²) < 4.78 is 60.6. The number of amides is 1. The van der Waals surface area contributed by atoms with E-state index in [1.165, 1.54) is 16.7 Å².